The molecule has 0 saturated heterocycles. The molecule has 2 aromatic carbocycles. The number of carbonyl (C=O) groups excluding carboxylic acids is 2. The van der Waals surface area contributed by atoms with Crippen LogP contribution in [0.15, 0.2) is 42.5 Å². The van der Waals surface area contributed by atoms with Gasteiger partial charge in [0.1, 0.15) is 0 Å². The van der Waals surface area contributed by atoms with Gasteiger partial charge in [-0.05, 0) is 75.3 Å². The summed E-state index contributed by atoms with van der Waals surface area (Å²) in [7, 11) is 0. The van der Waals surface area contributed by atoms with Gasteiger partial charge in [-0.15, -0.1) is 0 Å². The van der Waals surface area contributed by atoms with Gasteiger partial charge < -0.3 is 0 Å². The molecular formula is C28H38N2O2. The zero-order valence-corrected chi connectivity index (χ0v) is 20.1. The minimum Gasteiger partial charge on any atom is -0.267 e. The summed E-state index contributed by atoms with van der Waals surface area (Å²) < 4.78 is 0. The van der Waals surface area contributed by atoms with E-state index in [4.69, 9.17) is 0 Å². The average molecular weight is 435 g/mol. The number of nitrogens with zero attached hydrogens (tertiary/aromatic N) is 1. The van der Waals surface area contributed by atoms with Crippen LogP contribution in [0.1, 0.15) is 96.2 Å². The number of nitrogens with one attached hydrogen (secondary N) is 1. The molecule has 0 bridgehead atoms. The molecule has 1 aliphatic rings. The monoisotopic (exact) mass is 434 g/mol. The number of rotatable bonds is 7. The molecule has 0 aliphatic heterocycles. The van der Waals surface area contributed by atoms with Gasteiger partial charge in [-0.1, -0.05) is 68.9 Å². The van der Waals surface area contributed by atoms with Crippen molar-refractivity contribution in [3.05, 3.63) is 70.3 Å². The number of hydrogen-bond acceptors (Lipinski definition) is 2. The van der Waals surface area contributed by atoms with Gasteiger partial charge in [0, 0.05) is 11.1 Å². The molecule has 4 nitrogen and oxygen atoms in total. The van der Waals surface area contributed by atoms with Crippen molar-refractivity contribution in [1.82, 2.24) is 10.4 Å². The highest BCUT2D eigenvalue weighted by Gasteiger charge is 2.33. The molecule has 0 unspecified atom stereocenters. The van der Waals surface area contributed by atoms with Crippen molar-refractivity contribution in [3.8, 4) is 0 Å². The molecule has 2 aromatic rings. The summed E-state index contributed by atoms with van der Waals surface area (Å²) in [6, 6.07) is 13.6. The summed E-state index contributed by atoms with van der Waals surface area (Å²) >= 11 is 0. The van der Waals surface area contributed by atoms with Gasteiger partial charge >= 0.3 is 0 Å². The molecule has 32 heavy (non-hydrogen) atoms. The number of carbonyl (C=O) groups is 2. The Morgan fingerprint density at radius 2 is 1.56 bits per heavy atom. The molecule has 4 heteroatoms. The maximum absolute atomic E-state index is 13.8. The zero-order chi connectivity index (χ0) is 23.1. The van der Waals surface area contributed by atoms with E-state index >= 15 is 0 Å². The van der Waals surface area contributed by atoms with E-state index in [1.54, 1.807) is 5.01 Å². The van der Waals surface area contributed by atoms with Gasteiger partial charge in [0.15, 0.2) is 0 Å². The van der Waals surface area contributed by atoms with Gasteiger partial charge in [-0.2, -0.15) is 0 Å². The first-order chi connectivity index (χ1) is 15.4. The second-order valence-corrected chi connectivity index (χ2v) is 9.30. The first kappa shape index (κ1) is 24.0. The summed E-state index contributed by atoms with van der Waals surface area (Å²) in [4.78, 5) is 27.0. The standard InChI is InChI=1S/C28H38N2O2/c1-5-10-26(23-11-8-7-9-12-23)30(28(32)25-18-20(3)17-21(4)19-25)29-27(31)24-15-13-22(6-2)14-16-24/h13-19,23,26H,5-12H2,1-4H3,(H,29,31)/t26-/m0/s1. The summed E-state index contributed by atoms with van der Waals surface area (Å²) in [5.41, 5.74) is 7.56. The third-order valence-electron chi connectivity index (χ3n) is 6.64. The van der Waals surface area contributed by atoms with Crippen LogP contribution in [0, 0.1) is 19.8 Å². The number of hydrogen-bond donors (Lipinski definition) is 1. The Labute approximate surface area is 193 Å². The van der Waals surface area contributed by atoms with Gasteiger partial charge in [-0.3, -0.25) is 15.0 Å². The molecule has 0 heterocycles. The fourth-order valence-electron chi connectivity index (χ4n) is 4.98. The lowest BCUT2D eigenvalue weighted by atomic mass is 9.81. The van der Waals surface area contributed by atoms with Crippen molar-refractivity contribution in [2.45, 2.75) is 85.1 Å². The van der Waals surface area contributed by atoms with Crippen molar-refractivity contribution in [1.29, 1.82) is 0 Å². The minimum absolute atomic E-state index is 0.00693. The highest BCUT2D eigenvalue weighted by Crippen LogP contribution is 2.31. The van der Waals surface area contributed by atoms with E-state index in [-0.39, 0.29) is 17.9 Å². The van der Waals surface area contributed by atoms with Gasteiger partial charge in [0.2, 0.25) is 0 Å². The van der Waals surface area contributed by atoms with Gasteiger partial charge in [0.25, 0.3) is 11.8 Å². The highest BCUT2D eigenvalue weighted by atomic mass is 16.2. The Bertz CT molecular complexity index is 893. The molecule has 1 aliphatic carbocycles. The fourth-order valence-corrected chi connectivity index (χ4v) is 4.98. The Hall–Kier alpha value is -2.62. The Morgan fingerprint density at radius 1 is 0.938 bits per heavy atom. The van der Waals surface area contributed by atoms with E-state index < -0.39 is 0 Å². The van der Waals surface area contributed by atoms with Crippen LogP contribution in [0.3, 0.4) is 0 Å². The number of aryl methyl sites for hydroxylation is 3. The third-order valence-corrected chi connectivity index (χ3v) is 6.64. The predicted molar refractivity (Wildman–Crippen MR) is 131 cm³/mol. The average Bonchev–Trinajstić information content (AvgIpc) is 2.80. The fraction of sp³-hybridized carbons (Fsp3) is 0.500. The number of benzene rings is 2. The van der Waals surface area contributed by atoms with Crippen LogP contribution >= 0.6 is 0 Å². The van der Waals surface area contributed by atoms with Crippen molar-refractivity contribution in [3.63, 3.8) is 0 Å². The first-order valence-corrected chi connectivity index (χ1v) is 12.2. The van der Waals surface area contributed by atoms with Crippen molar-refractivity contribution in [2.75, 3.05) is 0 Å². The van der Waals surface area contributed by atoms with Crippen LogP contribution in [0.4, 0.5) is 0 Å². The molecule has 2 amide bonds. The van der Waals surface area contributed by atoms with E-state index in [1.807, 2.05) is 50.2 Å². The molecule has 0 aromatic heterocycles. The third kappa shape index (κ3) is 5.99. The maximum atomic E-state index is 13.8. The van der Waals surface area contributed by atoms with Crippen LogP contribution < -0.4 is 5.43 Å². The van der Waals surface area contributed by atoms with E-state index in [1.165, 1.54) is 24.8 Å². The quantitative estimate of drug-likeness (QED) is 0.512. The number of hydrazine groups is 1. The zero-order valence-electron chi connectivity index (χ0n) is 20.1. The molecule has 3 rings (SSSR count). The van der Waals surface area contributed by atoms with Crippen molar-refractivity contribution >= 4 is 11.8 Å². The van der Waals surface area contributed by atoms with Gasteiger partial charge in [-0.25, -0.2) is 5.01 Å². The molecule has 172 valence electrons. The topological polar surface area (TPSA) is 49.4 Å². The smallest absolute Gasteiger partial charge is 0.267 e. The van der Waals surface area contributed by atoms with Gasteiger partial charge in [0.05, 0.1) is 6.04 Å². The van der Waals surface area contributed by atoms with Crippen LogP contribution in [-0.4, -0.2) is 22.9 Å². The summed E-state index contributed by atoms with van der Waals surface area (Å²) in [5.74, 6) is 0.0861. The summed E-state index contributed by atoms with van der Waals surface area (Å²) in [5, 5.41) is 1.67. The van der Waals surface area contributed by atoms with Crippen LogP contribution in [0.5, 0.6) is 0 Å². The highest BCUT2D eigenvalue weighted by molar-refractivity contribution is 5.99. The largest absolute Gasteiger partial charge is 0.272 e. The van der Waals surface area contributed by atoms with Crippen molar-refractivity contribution in [2.24, 2.45) is 5.92 Å². The molecular weight excluding hydrogens is 396 g/mol. The molecule has 1 saturated carbocycles. The van der Waals surface area contributed by atoms with E-state index in [9.17, 15) is 9.59 Å². The Balaban J connectivity index is 1.94. The lowest BCUT2D eigenvalue weighted by molar-refractivity contribution is 0.0333. The van der Waals surface area contributed by atoms with E-state index in [2.05, 4.69) is 25.3 Å². The lowest BCUT2D eigenvalue weighted by Gasteiger charge is -2.39. The van der Waals surface area contributed by atoms with E-state index in [0.29, 0.717) is 17.0 Å². The van der Waals surface area contributed by atoms with Crippen molar-refractivity contribution < 1.29 is 9.59 Å². The van der Waals surface area contributed by atoms with E-state index in [0.717, 1.165) is 43.2 Å². The Morgan fingerprint density at radius 3 is 2.12 bits per heavy atom. The Kier molecular flexibility index (Phi) is 8.49. The van der Waals surface area contributed by atoms with Crippen LogP contribution in [0.25, 0.3) is 0 Å². The SMILES string of the molecule is CCC[C@@H](C1CCCCC1)N(NC(=O)c1ccc(CC)cc1)C(=O)c1cc(C)cc(C)c1. The molecule has 1 N–H and O–H groups in total. The molecule has 1 atom stereocenters. The normalized spacial score (nSPS) is 15.2. The lowest BCUT2D eigenvalue weighted by Crippen LogP contribution is -2.54. The molecule has 0 radical (unpaired) electrons. The second kappa shape index (κ2) is 11.3. The molecule has 0 spiro atoms. The minimum atomic E-state index is -0.220. The first-order valence-electron chi connectivity index (χ1n) is 12.2. The summed E-state index contributed by atoms with van der Waals surface area (Å²) in [6.45, 7) is 8.26. The summed E-state index contributed by atoms with van der Waals surface area (Å²) in [6.07, 6.45) is 8.67. The number of amides is 2. The van der Waals surface area contributed by atoms with Crippen LogP contribution in [0.2, 0.25) is 0 Å². The second-order valence-electron chi connectivity index (χ2n) is 9.30. The molecule has 1 fully saturated rings. The predicted octanol–water partition coefficient (Wildman–Crippen LogP) is 6.40. The van der Waals surface area contributed by atoms with Crippen LogP contribution in [-0.2, 0) is 6.42 Å². The maximum Gasteiger partial charge on any atom is 0.272 e.